The number of carbonyl (C=O) groups is 2. The van der Waals surface area contributed by atoms with Crippen LogP contribution in [0.1, 0.15) is 20.7 Å². The fraction of sp³-hybridized carbons (Fsp3) is 0. The molecule has 2 N–H and O–H groups in total. The first-order valence-electron chi connectivity index (χ1n) is 7.81. The van der Waals surface area contributed by atoms with E-state index in [1.54, 1.807) is 60.7 Å². The second-order valence-electron chi connectivity index (χ2n) is 5.33. The largest absolute Gasteiger partial charge is 0.457 e. The van der Waals surface area contributed by atoms with E-state index >= 15 is 0 Å². The summed E-state index contributed by atoms with van der Waals surface area (Å²) in [6.07, 6.45) is 0. The molecular weight excluding hydrogens is 352 g/mol. The van der Waals surface area contributed by atoms with Crippen molar-refractivity contribution >= 4 is 23.4 Å². The SMILES string of the molecule is O=C(NNC(=O)c1ccccc1Oc1ccccc1)c1ccc(Cl)cc1. The van der Waals surface area contributed by atoms with Crippen molar-refractivity contribution in [2.45, 2.75) is 0 Å². The van der Waals surface area contributed by atoms with E-state index in [2.05, 4.69) is 10.9 Å². The van der Waals surface area contributed by atoms with Gasteiger partial charge in [-0.15, -0.1) is 0 Å². The Morgan fingerprint density at radius 1 is 0.731 bits per heavy atom. The molecule has 3 aromatic carbocycles. The van der Waals surface area contributed by atoms with Gasteiger partial charge in [-0.05, 0) is 48.5 Å². The van der Waals surface area contributed by atoms with Gasteiger partial charge in [0.25, 0.3) is 11.8 Å². The monoisotopic (exact) mass is 366 g/mol. The van der Waals surface area contributed by atoms with Crippen molar-refractivity contribution in [1.82, 2.24) is 10.9 Å². The quantitative estimate of drug-likeness (QED) is 0.680. The third-order valence-corrected chi connectivity index (χ3v) is 3.75. The predicted molar refractivity (Wildman–Crippen MR) is 99.3 cm³/mol. The predicted octanol–water partition coefficient (Wildman–Crippen LogP) is 4.21. The number of ether oxygens (including phenoxy) is 1. The van der Waals surface area contributed by atoms with Crippen LogP contribution in [0.5, 0.6) is 11.5 Å². The standard InChI is InChI=1S/C20H15ClN2O3/c21-15-12-10-14(11-13-15)19(24)22-23-20(25)17-8-4-5-9-18(17)26-16-6-2-1-3-7-16/h1-13H,(H,22,24)(H,23,25). The van der Waals surface area contributed by atoms with E-state index in [0.29, 0.717) is 27.6 Å². The van der Waals surface area contributed by atoms with Crippen molar-refractivity contribution < 1.29 is 14.3 Å². The molecule has 0 fully saturated rings. The molecule has 0 unspecified atom stereocenters. The lowest BCUT2D eigenvalue weighted by molar-refractivity contribution is 0.0845. The Hall–Kier alpha value is -3.31. The highest BCUT2D eigenvalue weighted by Gasteiger charge is 2.14. The highest BCUT2D eigenvalue weighted by Crippen LogP contribution is 2.24. The Labute approximate surface area is 155 Å². The number of hydrazine groups is 1. The van der Waals surface area contributed by atoms with E-state index in [9.17, 15) is 9.59 Å². The summed E-state index contributed by atoms with van der Waals surface area (Å²) < 4.78 is 5.75. The van der Waals surface area contributed by atoms with Crippen LogP contribution in [0.2, 0.25) is 5.02 Å². The molecule has 0 heterocycles. The van der Waals surface area contributed by atoms with Crippen molar-refractivity contribution in [2.24, 2.45) is 0 Å². The molecule has 2 amide bonds. The molecular formula is C20H15ClN2O3. The number of hydrogen-bond acceptors (Lipinski definition) is 3. The molecule has 130 valence electrons. The first-order valence-corrected chi connectivity index (χ1v) is 8.19. The van der Waals surface area contributed by atoms with E-state index in [-0.39, 0.29) is 0 Å². The van der Waals surface area contributed by atoms with Crippen LogP contribution in [0.4, 0.5) is 0 Å². The molecule has 0 spiro atoms. The number of hydrogen-bond donors (Lipinski definition) is 2. The molecule has 0 bridgehead atoms. The van der Waals surface area contributed by atoms with Gasteiger partial charge in [-0.2, -0.15) is 0 Å². The number of amides is 2. The maximum absolute atomic E-state index is 12.4. The first kappa shape index (κ1) is 17.5. The Morgan fingerprint density at radius 3 is 2.08 bits per heavy atom. The van der Waals surface area contributed by atoms with Crippen LogP contribution in [0.3, 0.4) is 0 Å². The lowest BCUT2D eigenvalue weighted by Crippen LogP contribution is -2.41. The van der Waals surface area contributed by atoms with Gasteiger partial charge in [0.1, 0.15) is 11.5 Å². The number of rotatable bonds is 4. The second kappa shape index (κ2) is 8.18. The highest BCUT2D eigenvalue weighted by molar-refractivity contribution is 6.30. The molecule has 0 saturated heterocycles. The summed E-state index contributed by atoms with van der Waals surface area (Å²) in [6, 6.07) is 22.2. The number of para-hydroxylation sites is 2. The van der Waals surface area contributed by atoms with Crippen molar-refractivity contribution in [1.29, 1.82) is 0 Å². The van der Waals surface area contributed by atoms with E-state index in [1.807, 2.05) is 18.2 Å². The molecule has 5 nitrogen and oxygen atoms in total. The number of halogens is 1. The zero-order valence-corrected chi connectivity index (χ0v) is 14.4. The van der Waals surface area contributed by atoms with E-state index in [0.717, 1.165) is 0 Å². The minimum atomic E-state index is -0.487. The van der Waals surface area contributed by atoms with Crippen LogP contribution in [-0.4, -0.2) is 11.8 Å². The van der Waals surface area contributed by atoms with Crippen LogP contribution < -0.4 is 15.6 Å². The molecule has 3 rings (SSSR count). The van der Waals surface area contributed by atoms with Gasteiger partial charge in [0, 0.05) is 10.6 Å². The summed E-state index contributed by atoms with van der Waals surface area (Å²) in [5, 5.41) is 0.526. The first-order chi connectivity index (χ1) is 12.6. The summed E-state index contributed by atoms with van der Waals surface area (Å²) in [5.74, 6) is 0.0604. The molecule has 0 aliphatic rings. The smallest absolute Gasteiger partial charge is 0.273 e. The zero-order valence-electron chi connectivity index (χ0n) is 13.6. The van der Waals surface area contributed by atoms with Gasteiger partial charge in [0.15, 0.2) is 0 Å². The number of carbonyl (C=O) groups excluding carboxylic acids is 2. The van der Waals surface area contributed by atoms with Crippen molar-refractivity contribution in [2.75, 3.05) is 0 Å². The minimum Gasteiger partial charge on any atom is -0.457 e. The highest BCUT2D eigenvalue weighted by atomic mass is 35.5. The summed E-state index contributed by atoms with van der Waals surface area (Å²) >= 11 is 5.79. The van der Waals surface area contributed by atoms with Crippen LogP contribution in [0.15, 0.2) is 78.9 Å². The fourth-order valence-corrected chi connectivity index (χ4v) is 2.34. The fourth-order valence-electron chi connectivity index (χ4n) is 2.21. The Kier molecular flexibility index (Phi) is 5.51. The molecule has 3 aromatic rings. The van der Waals surface area contributed by atoms with Gasteiger partial charge in [-0.3, -0.25) is 20.4 Å². The van der Waals surface area contributed by atoms with Gasteiger partial charge in [0.05, 0.1) is 5.56 Å². The van der Waals surface area contributed by atoms with E-state index < -0.39 is 11.8 Å². The van der Waals surface area contributed by atoms with Crippen LogP contribution >= 0.6 is 11.6 Å². The maximum atomic E-state index is 12.4. The molecule has 0 atom stereocenters. The summed E-state index contributed by atoms with van der Waals surface area (Å²) in [4.78, 5) is 24.5. The van der Waals surface area contributed by atoms with Crippen molar-refractivity contribution in [3.05, 3.63) is 95.0 Å². The summed E-state index contributed by atoms with van der Waals surface area (Å²) in [6.45, 7) is 0. The van der Waals surface area contributed by atoms with Gasteiger partial charge in [-0.1, -0.05) is 41.9 Å². The average Bonchev–Trinajstić information content (AvgIpc) is 2.67. The topological polar surface area (TPSA) is 67.4 Å². The summed E-state index contributed by atoms with van der Waals surface area (Å²) in [7, 11) is 0. The van der Waals surface area contributed by atoms with Crippen LogP contribution in [0.25, 0.3) is 0 Å². The number of nitrogens with one attached hydrogen (secondary N) is 2. The van der Waals surface area contributed by atoms with Crippen molar-refractivity contribution in [3.63, 3.8) is 0 Å². The Morgan fingerprint density at radius 2 is 1.35 bits per heavy atom. The third kappa shape index (κ3) is 4.40. The molecule has 0 aromatic heterocycles. The molecule has 0 aliphatic carbocycles. The Balaban J connectivity index is 1.68. The lowest BCUT2D eigenvalue weighted by Gasteiger charge is -2.12. The molecule has 26 heavy (non-hydrogen) atoms. The van der Waals surface area contributed by atoms with E-state index in [1.165, 1.54) is 0 Å². The minimum absolute atomic E-state index is 0.299. The van der Waals surface area contributed by atoms with Gasteiger partial charge in [0.2, 0.25) is 0 Å². The average molecular weight is 367 g/mol. The molecule has 6 heteroatoms. The molecule has 0 aliphatic heterocycles. The number of benzene rings is 3. The lowest BCUT2D eigenvalue weighted by atomic mass is 10.2. The summed E-state index contributed by atoms with van der Waals surface area (Å²) in [5.41, 5.74) is 5.43. The van der Waals surface area contributed by atoms with Gasteiger partial charge < -0.3 is 4.74 Å². The Bertz CT molecular complexity index is 912. The third-order valence-electron chi connectivity index (χ3n) is 3.50. The van der Waals surface area contributed by atoms with Crippen LogP contribution in [0, 0.1) is 0 Å². The van der Waals surface area contributed by atoms with Crippen molar-refractivity contribution in [3.8, 4) is 11.5 Å². The second-order valence-corrected chi connectivity index (χ2v) is 5.76. The van der Waals surface area contributed by atoms with Gasteiger partial charge >= 0.3 is 0 Å². The zero-order chi connectivity index (χ0) is 18.4. The van der Waals surface area contributed by atoms with E-state index in [4.69, 9.17) is 16.3 Å². The molecule has 0 radical (unpaired) electrons. The molecule has 0 saturated carbocycles. The normalized spacial score (nSPS) is 10.0. The van der Waals surface area contributed by atoms with Gasteiger partial charge in [-0.25, -0.2) is 0 Å². The van der Waals surface area contributed by atoms with Crippen LogP contribution in [-0.2, 0) is 0 Å². The maximum Gasteiger partial charge on any atom is 0.273 e.